The van der Waals surface area contributed by atoms with E-state index in [0.29, 0.717) is 13.2 Å². The van der Waals surface area contributed by atoms with Crippen LogP contribution in [0.25, 0.3) is 0 Å². The van der Waals surface area contributed by atoms with Crippen molar-refractivity contribution in [3.05, 3.63) is 0 Å². The van der Waals surface area contributed by atoms with E-state index in [9.17, 15) is 14.4 Å². The summed E-state index contributed by atoms with van der Waals surface area (Å²) in [6.07, 6.45) is 0.621. The molecule has 122 valence electrons. The Hall–Kier alpha value is -1.83. The number of amides is 3. The van der Waals surface area contributed by atoms with Crippen molar-refractivity contribution in [1.82, 2.24) is 10.6 Å². The minimum Gasteiger partial charge on any atom is -0.480 e. The minimum absolute atomic E-state index is 0.0366. The molecule has 0 radical (unpaired) electrons. The van der Waals surface area contributed by atoms with Crippen molar-refractivity contribution in [3.63, 3.8) is 0 Å². The average Bonchev–Trinajstić information content (AvgIpc) is 2.38. The third kappa shape index (κ3) is 9.67. The summed E-state index contributed by atoms with van der Waals surface area (Å²) in [6, 6.07) is -1.73. The third-order valence-corrected chi connectivity index (χ3v) is 2.99. The molecule has 8 nitrogen and oxygen atoms in total. The molecule has 21 heavy (non-hydrogen) atoms. The summed E-state index contributed by atoms with van der Waals surface area (Å²) in [7, 11) is 1.60. The van der Waals surface area contributed by atoms with Crippen molar-refractivity contribution in [2.75, 3.05) is 20.3 Å². The van der Waals surface area contributed by atoms with E-state index >= 15 is 0 Å². The summed E-state index contributed by atoms with van der Waals surface area (Å²) in [5.74, 6) is -1.81. The number of nitrogens with one attached hydrogen (secondary N) is 2. The Balaban J connectivity index is 4.25. The molecule has 0 saturated carbocycles. The Morgan fingerprint density at radius 1 is 1.33 bits per heavy atom. The second kappa shape index (κ2) is 9.17. The number of primary amides is 1. The van der Waals surface area contributed by atoms with E-state index in [1.165, 1.54) is 0 Å². The first-order chi connectivity index (χ1) is 9.68. The van der Waals surface area contributed by atoms with Crippen LogP contribution in [0.5, 0.6) is 0 Å². The monoisotopic (exact) mass is 303 g/mol. The fraction of sp³-hybridized carbons (Fsp3) is 0.769. The van der Waals surface area contributed by atoms with Gasteiger partial charge in [0.05, 0.1) is 0 Å². The van der Waals surface area contributed by atoms with Gasteiger partial charge in [0, 0.05) is 26.7 Å². The van der Waals surface area contributed by atoms with Gasteiger partial charge in [-0.15, -0.1) is 0 Å². The van der Waals surface area contributed by atoms with Crippen molar-refractivity contribution in [3.8, 4) is 0 Å². The largest absolute Gasteiger partial charge is 0.480 e. The number of hydrogen-bond donors (Lipinski definition) is 4. The van der Waals surface area contributed by atoms with Crippen LogP contribution in [0, 0.1) is 5.41 Å². The second-order valence-electron chi connectivity index (χ2n) is 5.63. The number of carboxylic acids is 1. The molecule has 0 heterocycles. The number of methoxy groups -OCH3 is 1. The highest BCUT2D eigenvalue weighted by molar-refractivity contribution is 5.83. The molecule has 0 fully saturated rings. The smallest absolute Gasteiger partial charge is 0.326 e. The Morgan fingerprint density at radius 3 is 2.43 bits per heavy atom. The van der Waals surface area contributed by atoms with Crippen LogP contribution in [0.3, 0.4) is 0 Å². The van der Waals surface area contributed by atoms with Crippen LogP contribution < -0.4 is 16.4 Å². The zero-order chi connectivity index (χ0) is 16.5. The molecule has 5 N–H and O–H groups in total. The SMILES string of the molecule is COCCC(C)(C)CNC(=O)NC(CCC(N)=O)C(=O)O. The van der Waals surface area contributed by atoms with Crippen LogP contribution in [-0.4, -0.2) is 49.3 Å². The number of carbonyl (C=O) groups excluding carboxylic acids is 2. The molecule has 0 spiro atoms. The number of hydrogen-bond acceptors (Lipinski definition) is 4. The van der Waals surface area contributed by atoms with Crippen LogP contribution in [0.2, 0.25) is 0 Å². The Bertz CT molecular complexity index is 371. The zero-order valence-electron chi connectivity index (χ0n) is 12.8. The molecule has 0 aliphatic carbocycles. The first-order valence-electron chi connectivity index (χ1n) is 6.72. The van der Waals surface area contributed by atoms with E-state index < -0.39 is 23.9 Å². The first kappa shape index (κ1) is 19.2. The van der Waals surface area contributed by atoms with Gasteiger partial charge in [0.1, 0.15) is 6.04 Å². The zero-order valence-corrected chi connectivity index (χ0v) is 12.8. The molecule has 0 aromatic carbocycles. The summed E-state index contributed by atoms with van der Waals surface area (Å²) in [5.41, 5.74) is 4.79. The summed E-state index contributed by atoms with van der Waals surface area (Å²) >= 11 is 0. The molecule has 0 bridgehead atoms. The van der Waals surface area contributed by atoms with Gasteiger partial charge in [-0.1, -0.05) is 13.8 Å². The Morgan fingerprint density at radius 2 is 1.95 bits per heavy atom. The number of rotatable bonds is 10. The number of nitrogens with two attached hydrogens (primary N) is 1. The molecule has 0 aliphatic rings. The number of ether oxygens (including phenoxy) is 1. The molecule has 3 amide bonds. The highest BCUT2D eigenvalue weighted by Gasteiger charge is 2.22. The van der Waals surface area contributed by atoms with Gasteiger partial charge in [-0.25, -0.2) is 9.59 Å². The first-order valence-corrected chi connectivity index (χ1v) is 6.72. The van der Waals surface area contributed by atoms with Crippen molar-refractivity contribution in [2.45, 2.75) is 39.2 Å². The van der Waals surface area contributed by atoms with E-state index in [1.54, 1.807) is 7.11 Å². The van der Waals surface area contributed by atoms with Gasteiger partial charge in [0.25, 0.3) is 0 Å². The van der Waals surface area contributed by atoms with Crippen LogP contribution in [-0.2, 0) is 14.3 Å². The van der Waals surface area contributed by atoms with E-state index in [1.807, 2.05) is 13.8 Å². The highest BCUT2D eigenvalue weighted by Crippen LogP contribution is 2.18. The van der Waals surface area contributed by atoms with E-state index in [4.69, 9.17) is 15.6 Å². The van der Waals surface area contributed by atoms with Gasteiger partial charge < -0.3 is 26.2 Å². The predicted octanol–water partition coefficient (Wildman–Crippen LogP) is 0.0670. The fourth-order valence-corrected chi connectivity index (χ4v) is 1.54. The van der Waals surface area contributed by atoms with E-state index in [0.717, 1.165) is 6.42 Å². The molecule has 8 heteroatoms. The Labute approximate surface area is 124 Å². The molecule has 0 aliphatic heterocycles. The van der Waals surface area contributed by atoms with Crippen LogP contribution in [0.1, 0.15) is 33.1 Å². The fourth-order valence-electron chi connectivity index (χ4n) is 1.54. The number of urea groups is 1. The minimum atomic E-state index is -1.20. The Kier molecular flexibility index (Phi) is 8.37. The lowest BCUT2D eigenvalue weighted by Crippen LogP contribution is -2.48. The standard InChI is InChI=1S/C13H25N3O5/c1-13(2,6-7-21-3)8-15-12(20)16-9(11(18)19)4-5-10(14)17/h9H,4-8H2,1-3H3,(H2,14,17)(H,18,19)(H2,15,16,20). The van der Waals surface area contributed by atoms with Crippen LogP contribution in [0.4, 0.5) is 4.79 Å². The maximum absolute atomic E-state index is 11.7. The van der Waals surface area contributed by atoms with Crippen molar-refractivity contribution < 1.29 is 24.2 Å². The molecule has 0 aromatic heterocycles. The molecule has 0 aromatic rings. The lowest BCUT2D eigenvalue weighted by Gasteiger charge is -2.25. The van der Waals surface area contributed by atoms with Gasteiger partial charge in [-0.05, 0) is 18.3 Å². The van der Waals surface area contributed by atoms with Crippen LogP contribution >= 0.6 is 0 Å². The predicted molar refractivity (Wildman–Crippen MR) is 76.7 cm³/mol. The topological polar surface area (TPSA) is 131 Å². The quantitative estimate of drug-likeness (QED) is 0.453. The van der Waals surface area contributed by atoms with Gasteiger partial charge in [-0.2, -0.15) is 0 Å². The lowest BCUT2D eigenvalue weighted by atomic mass is 9.90. The molecule has 0 rings (SSSR count). The number of carboxylic acid groups (broad SMARTS) is 1. The summed E-state index contributed by atoms with van der Waals surface area (Å²) in [6.45, 7) is 4.89. The maximum Gasteiger partial charge on any atom is 0.326 e. The van der Waals surface area contributed by atoms with Gasteiger partial charge in [0.2, 0.25) is 5.91 Å². The van der Waals surface area contributed by atoms with Crippen molar-refractivity contribution in [1.29, 1.82) is 0 Å². The van der Waals surface area contributed by atoms with Gasteiger partial charge in [0.15, 0.2) is 0 Å². The molecular weight excluding hydrogens is 278 g/mol. The molecule has 0 saturated heterocycles. The summed E-state index contributed by atoms with van der Waals surface area (Å²) in [4.78, 5) is 33.3. The third-order valence-electron chi connectivity index (χ3n) is 2.99. The number of aliphatic carboxylic acids is 1. The average molecular weight is 303 g/mol. The summed E-state index contributed by atoms with van der Waals surface area (Å²) < 4.78 is 4.99. The van der Waals surface area contributed by atoms with Crippen molar-refractivity contribution >= 4 is 17.9 Å². The molecule has 1 unspecified atom stereocenters. The van der Waals surface area contributed by atoms with Gasteiger partial charge >= 0.3 is 12.0 Å². The van der Waals surface area contributed by atoms with E-state index in [2.05, 4.69) is 10.6 Å². The van der Waals surface area contributed by atoms with Crippen molar-refractivity contribution in [2.24, 2.45) is 11.1 Å². The number of carbonyl (C=O) groups is 3. The molecule has 1 atom stereocenters. The van der Waals surface area contributed by atoms with E-state index in [-0.39, 0.29) is 18.3 Å². The van der Waals surface area contributed by atoms with Crippen LogP contribution in [0.15, 0.2) is 0 Å². The normalized spacial score (nSPS) is 12.5. The second-order valence-corrected chi connectivity index (χ2v) is 5.63. The summed E-state index contributed by atoms with van der Waals surface area (Å²) in [5, 5.41) is 13.9. The highest BCUT2D eigenvalue weighted by atomic mass is 16.5. The molecular formula is C13H25N3O5. The maximum atomic E-state index is 11.7. The lowest BCUT2D eigenvalue weighted by molar-refractivity contribution is -0.139. The van der Waals surface area contributed by atoms with Gasteiger partial charge in [-0.3, -0.25) is 4.79 Å².